The van der Waals surface area contributed by atoms with E-state index in [1.165, 1.54) is 18.4 Å². The monoisotopic (exact) mass is 415 g/mol. The number of rotatable bonds is 7. The van der Waals surface area contributed by atoms with E-state index < -0.39 is 24.4 Å². The lowest BCUT2D eigenvalue weighted by Gasteiger charge is -2.19. The average Bonchev–Trinajstić information content (AvgIpc) is 3.25. The fraction of sp³-hybridized carbons (Fsp3) is 0.333. The first-order valence-corrected chi connectivity index (χ1v) is 9.34. The number of amides is 3. The predicted molar refractivity (Wildman–Crippen MR) is 107 cm³/mol. The van der Waals surface area contributed by atoms with Crippen LogP contribution < -0.4 is 16.2 Å². The van der Waals surface area contributed by atoms with Gasteiger partial charge in [-0.1, -0.05) is 32.9 Å². The number of esters is 1. The lowest BCUT2D eigenvalue weighted by atomic mass is 9.87. The number of nitrogens with one attached hydrogen (secondary N) is 3. The van der Waals surface area contributed by atoms with Gasteiger partial charge in [-0.05, 0) is 35.2 Å². The Morgan fingerprint density at radius 2 is 1.67 bits per heavy atom. The van der Waals surface area contributed by atoms with Gasteiger partial charge in [0.15, 0.2) is 12.4 Å². The Hall–Kier alpha value is -3.62. The van der Waals surface area contributed by atoms with Gasteiger partial charge in [0.25, 0.3) is 11.8 Å². The van der Waals surface area contributed by atoms with E-state index in [9.17, 15) is 19.2 Å². The lowest BCUT2D eigenvalue weighted by Crippen LogP contribution is -2.43. The van der Waals surface area contributed by atoms with Crippen LogP contribution in [-0.4, -0.2) is 36.8 Å². The number of benzene rings is 1. The molecule has 2 aromatic rings. The molecule has 0 saturated carbocycles. The number of hydrogen-bond acceptors (Lipinski definition) is 6. The van der Waals surface area contributed by atoms with Gasteiger partial charge in [0.2, 0.25) is 0 Å². The van der Waals surface area contributed by atoms with E-state index in [1.54, 1.807) is 12.1 Å². The molecule has 0 saturated heterocycles. The summed E-state index contributed by atoms with van der Waals surface area (Å²) < 4.78 is 9.65. The summed E-state index contributed by atoms with van der Waals surface area (Å²) in [6.07, 6.45) is 1.22. The highest BCUT2D eigenvalue weighted by molar-refractivity contribution is 5.94. The maximum absolute atomic E-state index is 12.1. The van der Waals surface area contributed by atoms with Crippen molar-refractivity contribution in [3.05, 3.63) is 59.5 Å². The molecular weight excluding hydrogens is 390 g/mol. The van der Waals surface area contributed by atoms with Gasteiger partial charge in [-0.25, -0.2) is 0 Å². The van der Waals surface area contributed by atoms with Gasteiger partial charge < -0.3 is 14.5 Å². The highest BCUT2D eigenvalue weighted by Gasteiger charge is 2.15. The van der Waals surface area contributed by atoms with Crippen LogP contribution in [-0.2, 0) is 19.7 Å². The third-order valence-corrected chi connectivity index (χ3v) is 4.05. The molecule has 1 heterocycles. The molecule has 0 radical (unpaired) electrons. The number of carbonyl (C=O) groups excluding carboxylic acids is 4. The zero-order valence-corrected chi connectivity index (χ0v) is 17.1. The van der Waals surface area contributed by atoms with Crippen LogP contribution in [0.4, 0.5) is 0 Å². The van der Waals surface area contributed by atoms with Crippen molar-refractivity contribution < 1.29 is 28.3 Å². The maximum atomic E-state index is 12.1. The first-order chi connectivity index (χ1) is 14.2. The van der Waals surface area contributed by atoms with Gasteiger partial charge in [-0.3, -0.25) is 30.0 Å². The molecule has 9 heteroatoms. The molecule has 9 nitrogen and oxygen atoms in total. The van der Waals surface area contributed by atoms with Crippen molar-refractivity contribution in [2.45, 2.75) is 32.6 Å². The van der Waals surface area contributed by atoms with Crippen molar-refractivity contribution in [3.8, 4) is 0 Å². The molecule has 2 rings (SSSR count). The van der Waals surface area contributed by atoms with Crippen molar-refractivity contribution in [2.75, 3.05) is 13.2 Å². The Balaban J connectivity index is 1.64. The van der Waals surface area contributed by atoms with E-state index in [-0.39, 0.29) is 30.0 Å². The van der Waals surface area contributed by atoms with E-state index in [1.807, 2.05) is 12.1 Å². The number of hydrogen-bond donors (Lipinski definition) is 3. The number of furan rings is 1. The van der Waals surface area contributed by atoms with Crippen molar-refractivity contribution in [2.24, 2.45) is 0 Å². The molecule has 30 heavy (non-hydrogen) atoms. The third kappa shape index (κ3) is 7.08. The zero-order valence-electron chi connectivity index (χ0n) is 17.1. The minimum absolute atomic E-state index is 0.00731. The standard InChI is InChI=1S/C21H25N3O6/c1-21(2,3)15-8-6-14(7-9-15)19(27)22-11-10-18(26)30-13-17(25)23-24-20(28)16-5-4-12-29-16/h4-9,12H,10-11,13H2,1-3H3,(H,22,27)(H,23,25)(H,24,28). The molecule has 0 unspecified atom stereocenters. The Morgan fingerprint density at radius 1 is 0.967 bits per heavy atom. The van der Waals surface area contributed by atoms with E-state index in [0.29, 0.717) is 5.56 Å². The first-order valence-electron chi connectivity index (χ1n) is 9.34. The van der Waals surface area contributed by atoms with Crippen LogP contribution in [0.25, 0.3) is 0 Å². The molecule has 0 spiro atoms. The summed E-state index contributed by atoms with van der Waals surface area (Å²) in [6.45, 7) is 5.75. The van der Waals surface area contributed by atoms with Crippen LogP contribution in [0.15, 0.2) is 47.1 Å². The predicted octanol–water partition coefficient (Wildman–Crippen LogP) is 1.70. The molecule has 0 aliphatic heterocycles. The zero-order chi connectivity index (χ0) is 22.1. The minimum Gasteiger partial charge on any atom is -0.459 e. The average molecular weight is 415 g/mol. The summed E-state index contributed by atoms with van der Waals surface area (Å²) in [4.78, 5) is 47.0. The minimum atomic E-state index is -0.716. The van der Waals surface area contributed by atoms with Gasteiger partial charge in [0.05, 0.1) is 12.7 Å². The SMILES string of the molecule is CC(C)(C)c1ccc(C(=O)NCCC(=O)OCC(=O)NNC(=O)c2ccco2)cc1. The van der Waals surface area contributed by atoms with Crippen molar-refractivity contribution in [3.63, 3.8) is 0 Å². The molecule has 1 aromatic heterocycles. The van der Waals surface area contributed by atoms with Gasteiger partial charge >= 0.3 is 11.9 Å². The number of carbonyl (C=O) groups is 4. The molecule has 0 aliphatic carbocycles. The van der Waals surface area contributed by atoms with Crippen LogP contribution in [0.2, 0.25) is 0 Å². The van der Waals surface area contributed by atoms with E-state index in [2.05, 4.69) is 36.9 Å². The quantitative estimate of drug-likeness (QED) is 0.467. The maximum Gasteiger partial charge on any atom is 0.308 e. The molecule has 3 N–H and O–H groups in total. The molecule has 0 fully saturated rings. The fourth-order valence-corrected chi connectivity index (χ4v) is 2.35. The topological polar surface area (TPSA) is 127 Å². The normalized spacial score (nSPS) is 10.8. The Kier molecular flexibility index (Phi) is 7.74. The Labute approximate surface area is 174 Å². The molecule has 0 aliphatic rings. The van der Waals surface area contributed by atoms with Gasteiger partial charge in [0, 0.05) is 12.1 Å². The second kappa shape index (κ2) is 10.2. The Bertz CT molecular complexity index is 882. The highest BCUT2D eigenvalue weighted by atomic mass is 16.5. The number of hydrazine groups is 1. The van der Waals surface area contributed by atoms with Crippen LogP contribution in [0.1, 0.15) is 53.7 Å². The summed E-state index contributed by atoms with van der Waals surface area (Å²) in [5.74, 6) is -2.30. The van der Waals surface area contributed by atoms with E-state index in [0.717, 1.165) is 5.56 Å². The lowest BCUT2D eigenvalue weighted by molar-refractivity contribution is -0.148. The second-order valence-electron chi connectivity index (χ2n) is 7.47. The largest absolute Gasteiger partial charge is 0.459 e. The second-order valence-corrected chi connectivity index (χ2v) is 7.47. The number of ether oxygens (including phenoxy) is 1. The van der Waals surface area contributed by atoms with Crippen LogP contribution in [0, 0.1) is 0 Å². The van der Waals surface area contributed by atoms with E-state index in [4.69, 9.17) is 9.15 Å². The Morgan fingerprint density at radius 3 is 2.27 bits per heavy atom. The van der Waals surface area contributed by atoms with Gasteiger partial charge in [0.1, 0.15) is 0 Å². The van der Waals surface area contributed by atoms with Crippen LogP contribution in [0.5, 0.6) is 0 Å². The summed E-state index contributed by atoms with van der Waals surface area (Å²) in [5, 5.41) is 2.62. The molecule has 1 aromatic carbocycles. The van der Waals surface area contributed by atoms with Crippen molar-refractivity contribution in [1.82, 2.24) is 16.2 Å². The molecule has 0 bridgehead atoms. The fourth-order valence-electron chi connectivity index (χ4n) is 2.35. The first kappa shape index (κ1) is 22.7. The molecular formula is C21H25N3O6. The third-order valence-electron chi connectivity index (χ3n) is 4.05. The summed E-state index contributed by atoms with van der Waals surface area (Å²) in [6, 6.07) is 10.2. The smallest absolute Gasteiger partial charge is 0.308 e. The van der Waals surface area contributed by atoms with Crippen LogP contribution in [0.3, 0.4) is 0 Å². The highest BCUT2D eigenvalue weighted by Crippen LogP contribution is 2.22. The summed E-state index contributed by atoms with van der Waals surface area (Å²) in [5.41, 5.74) is 5.80. The van der Waals surface area contributed by atoms with Crippen molar-refractivity contribution in [1.29, 1.82) is 0 Å². The van der Waals surface area contributed by atoms with Gasteiger partial charge in [-0.2, -0.15) is 0 Å². The van der Waals surface area contributed by atoms with Crippen molar-refractivity contribution >= 4 is 23.7 Å². The summed E-state index contributed by atoms with van der Waals surface area (Å²) in [7, 11) is 0. The molecule has 160 valence electrons. The molecule has 0 atom stereocenters. The van der Waals surface area contributed by atoms with E-state index >= 15 is 0 Å². The molecule has 3 amide bonds. The van der Waals surface area contributed by atoms with Gasteiger partial charge in [-0.15, -0.1) is 0 Å². The van der Waals surface area contributed by atoms with Crippen LogP contribution >= 0.6 is 0 Å². The summed E-state index contributed by atoms with van der Waals surface area (Å²) >= 11 is 0.